The summed E-state index contributed by atoms with van der Waals surface area (Å²) in [5, 5.41) is 9.25. The minimum Gasteiger partial charge on any atom is -0.377 e. The highest BCUT2D eigenvalue weighted by Crippen LogP contribution is 2.44. The second kappa shape index (κ2) is 7.81. The molecule has 1 aliphatic carbocycles. The SMILES string of the molecule is Cc1c(F)cccc1[C@]1(C(=O)NO)CCC(OCCN2CCCC2)C1. The molecule has 1 aromatic rings. The molecule has 1 amide bonds. The first-order chi connectivity index (χ1) is 12.1. The van der Waals surface area contributed by atoms with Gasteiger partial charge in [-0.25, -0.2) is 9.87 Å². The van der Waals surface area contributed by atoms with Crippen LogP contribution >= 0.6 is 0 Å². The van der Waals surface area contributed by atoms with E-state index in [9.17, 15) is 14.4 Å². The van der Waals surface area contributed by atoms with Crippen molar-refractivity contribution in [3.05, 3.63) is 35.1 Å². The van der Waals surface area contributed by atoms with Crippen molar-refractivity contribution < 1.29 is 19.1 Å². The summed E-state index contributed by atoms with van der Waals surface area (Å²) in [7, 11) is 0. The Balaban J connectivity index is 1.70. The molecule has 1 aliphatic heterocycles. The molecular formula is C19H27FN2O3. The Morgan fingerprint density at radius 3 is 2.92 bits per heavy atom. The molecule has 2 aliphatic rings. The lowest BCUT2D eigenvalue weighted by Gasteiger charge is -2.29. The fraction of sp³-hybridized carbons (Fsp3) is 0.632. The van der Waals surface area contributed by atoms with Gasteiger partial charge in [0.1, 0.15) is 5.82 Å². The molecule has 2 N–H and O–H groups in total. The van der Waals surface area contributed by atoms with Crippen molar-refractivity contribution in [2.45, 2.75) is 50.5 Å². The van der Waals surface area contributed by atoms with Crippen LogP contribution in [0, 0.1) is 12.7 Å². The van der Waals surface area contributed by atoms with Gasteiger partial charge in [0, 0.05) is 6.54 Å². The van der Waals surface area contributed by atoms with E-state index in [1.807, 2.05) is 0 Å². The van der Waals surface area contributed by atoms with E-state index in [1.165, 1.54) is 18.9 Å². The van der Waals surface area contributed by atoms with E-state index < -0.39 is 11.3 Å². The predicted octanol–water partition coefficient (Wildman–Crippen LogP) is 2.54. The number of likely N-dealkylation sites (tertiary alicyclic amines) is 1. The largest absolute Gasteiger partial charge is 0.377 e. The molecule has 1 saturated carbocycles. The normalized spacial score (nSPS) is 26.9. The summed E-state index contributed by atoms with van der Waals surface area (Å²) < 4.78 is 20.0. The zero-order chi connectivity index (χ0) is 17.9. The number of hydrogen-bond donors (Lipinski definition) is 2. The van der Waals surface area contributed by atoms with Crippen LogP contribution < -0.4 is 5.48 Å². The summed E-state index contributed by atoms with van der Waals surface area (Å²) in [5.74, 6) is -0.812. The number of carbonyl (C=O) groups excluding carboxylic acids is 1. The van der Waals surface area contributed by atoms with Crippen LogP contribution in [0.4, 0.5) is 4.39 Å². The molecule has 1 unspecified atom stereocenters. The quantitative estimate of drug-likeness (QED) is 0.611. The third-order valence-electron chi connectivity index (χ3n) is 5.75. The van der Waals surface area contributed by atoms with Crippen molar-refractivity contribution >= 4 is 5.91 Å². The summed E-state index contributed by atoms with van der Waals surface area (Å²) in [6.07, 6.45) is 4.18. The Hall–Kier alpha value is -1.50. The van der Waals surface area contributed by atoms with Crippen LogP contribution in [0.2, 0.25) is 0 Å². The first kappa shape index (κ1) is 18.3. The molecular weight excluding hydrogens is 323 g/mol. The second-order valence-corrected chi connectivity index (χ2v) is 7.22. The van der Waals surface area contributed by atoms with Gasteiger partial charge < -0.3 is 9.64 Å². The molecule has 1 saturated heterocycles. The van der Waals surface area contributed by atoms with Gasteiger partial charge in [-0.2, -0.15) is 0 Å². The average molecular weight is 350 g/mol. The van der Waals surface area contributed by atoms with E-state index in [4.69, 9.17) is 4.74 Å². The van der Waals surface area contributed by atoms with Crippen LogP contribution in [-0.4, -0.2) is 48.4 Å². The molecule has 1 aromatic carbocycles. The smallest absolute Gasteiger partial charge is 0.254 e. The van der Waals surface area contributed by atoms with Crippen molar-refractivity contribution in [2.75, 3.05) is 26.2 Å². The number of ether oxygens (including phenoxy) is 1. The summed E-state index contributed by atoms with van der Waals surface area (Å²) in [5.41, 5.74) is 1.96. The minimum atomic E-state index is -0.931. The molecule has 6 heteroatoms. The highest BCUT2D eigenvalue weighted by Gasteiger charge is 2.48. The van der Waals surface area contributed by atoms with Gasteiger partial charge in [0.2, 0.25) is 0 Å². The molecule has 2 fully saturated rings. The highest BCUT2D eigenvalue weighted by atomic mass is 19.1. The predicted molar refractivity (Wildman–Crippen MR) is 92.0 cm³/mol. The van der Waals surface area contributed by atoms with E-state index >= 15 is 0 Å². The Labute approximate surface area is 148 Å². The first-order valence-corrected chi connectivity index (χ1v) is 9.11. The number of nitrogens with zero attached hydrogens (tertiary/aromatic N) is 1. The van der Waals surface area contributed by atoms with Gasteiger partial charge in [0.25, 0.3) is 5.91 Å². The standard InChI is InChI=1S/C19H27FN2O3/c1-14-16(5-4-6-17(14)20)19(18(23)21-24)8-7-15(13-19)25-12-11-22-9-2-3-10-22/h4-6,15,24H,2-3,7-13H2,1H3,(H,21,23)/t15?,19-/m0/s1. The number of carbonyl (C=O) groups is 1. The Kier molecular flexibility index (Phi) is 5.71. The molecule has 0 aromatic heterocycles. The van der Waals surface area contributed by atoms with Crippen molar-refractivity contribution in [2.24, 2.45) is 0 Å². The Bertz CT molecular complexity index is 619. The van der Waals surface area contributed by atoms with Crippen LogP contribution in [0.3, 0.4) is 0 Å². The number of halogens is 1. The lowest BCUT2D eigenvalue weighted by Crippen LogP contribution is -2.42. The van der Waals surface area contributed by atoms with Gasteiger partial charge in [-0.1, -0.05) is 12.1 Å². The molecule has 0 bridgehead atoms. The summed E-state index contributed by atoms with van der Waals surface area (Å²) >= 11 is 0. The molecule has 138 valence electrons. The number of hydrogen-bond acceptors (Lipinski definition) is 4. The fourth-order valence-corrected chi connectivity index (χ4v) is 4.30. The van der Waals surface area contributed by atoms with E-state index in [0.29, 0.717) is 30.6 Å². The summed E-state index contributed by atoms with van der Waals surface area (Å²) in [6.45, 7) is 5.50. The van der Waals surface area contributed by atoms with Crippen molar-refractivity contribution in [1.82, 2.24) is 10.4 Å². The zero-order valence-electron chi connectivity index (χ0n) is 14.8. The van der Waals surface area contributed by atoms with Gasteiger partial charge in [-0.15, -0.1) is 0 Å². The second-order valence-electron chi connectivity index (χ2n) is 7.22. The number of rotatable bonds is 6. The van der Waals surface area contributed by atoms with Crippen LogP contribution in [0.5, 0.6) is 0 Å². The molecule has 5 nitrogen and oxygen atoms in total. The van der Waals surface area contributed by atoms with Crippen molar-refractivity contribution in [3.63, 3.8) is 0 Å². The van der Waals surface area contributed by atoms with Gasteiger partial charge in [0.05, 0.1) is 18.1 Å². The molecule has 0 radical (unpaired) electrons. The fourth-order valence-electron chi connectivity index (χ4n) is 4.30. The topological polar surface area (TPSA) is 61.8 Å². The van der Waals surface area contributed by atoms with E-state index in [-0.39, 0.29) is 11.9 Å². The van der Waals surface area contributed by atoms with Crippen LogP contribution in [0.15, 0.2) is 18.2 Å². The third-order valence-corrected chi connectivity index (χ3v) is 5.75. The lowest BCUT2D eigenvalue weighted by molar-refractivity contribution is -0.135. The Morgan fingerprint density at radius 1 is 1.44 bits per heavy atom. The van der Waals surface area contributed by atoms with Gasteiger partial charge >= 0.3 is 0 Å². The summed E-state index contributed by atoms with van der Waals surface area (Å²) in [4.78, 5) is 14.9. The average Bonchev–Trinajstić information content (AvgIpc) is 3.27. The monoisotopic (exact) mass is 350 g/mol. The third kappa shape index (κ3) is 3.71. The molecule has 3 rings (SSSR count). The lowest BCUT2D eigenvalue weighted by atomic mass is 9.76. The van der Waals surface area contributed by atoms with E-state index in [2.05, 4.69) is 4.90 Å². The number of hydroxylamine groups is 1. The maximum atomic E-state index is 14.0. The molecule has 0 spiro atoms. The van der Waals surface area contributed by atoms with Gasteiger partial charge in [-0.3, -0.25) is 10.0 Å². The highest BCUT2D eigenvalue weighted by molar-refractivity contribution is 5.88. The van der Waals surface area contributed by atoms with Gasteiger partial charge in [0.15, 0.2) is 0 Å². The maximum absolute atomic E-state index is 14.0. The Morgan fingerprint density at radius 2 is 2.20 bits per heavy atom. The number of benzene rings is 1. The number of nitrogens with one attached hydrogen (secondary N) is 1. The maximum Gasteiger partial charge on any atom is 0.254 e. The first-order valence-electron chi connectivity index (χ1n) is 9.11. The van der Waals surface area contributed by atoms with E-state index in [1.54, 1.807) is 24.5 Å². The van der Waals surface area contributed by atoms with Crippen molar-refractivity contribution in [3.8, 4) is 0 Å². The van der Waals surface area contributed by atoms with Crippen molar-refractivity contribution in [1.29, 1.82) is 0 Å². The van der Waals surface area contributed by atoms with E-state index in [0.717, 1.165) is 26.1 Å². The molecule has 1 heterocycles. The van der Waals surface area contributed by atoms with Gasteiger partial charge in [-0.05, 0) is 69.3 Å². The minimum absolute atomic E-state index is 0.0532. The van der Waals surface area contributed by atoms with Crippen LogP contribution in [0.25, 0.3) is 0 Å². The molecule has 2 atom stereocenters. The van der Waals surface area contributed by atoms with Crippen LogP contribution in [-0.2, 0) is 14.9 Å². The molecule has 25 heavy (non-hydrogen) atoms. The number of amides is 1. The summed E-state index contributed by atoms with van der Waals surface area (Å²) in [6, 6.07) is 4.79. The van der Waals surface area contributed by atoms with Crippen LogP contribution in [0.1, 0.15) is 43.2 Å². The zero-order valence-corrected chi connectivity index (χ0v) is 14.8.